The predicted octanol–water partition coefficient (Wildman–Crippen LogP) is 4.41. The molecule has 12 heteroatoms. The van der Waals surface area contributed by atoms with Crippen molar-refractivity contribution in [2.24, 2.45) is 10.9 Å². The second-order valence-electron chi connectivity index (χ2n) is 9.57. The van der Waals surface area contributed by atoms with E-state index in [1.165, 1.54) is 0 Å². The lowest BCUT2D eigenvalue weighted by molar-refractivity contribution is -0.145. The standard InChI is InChI=1S/C24H27ClF3N5O3/c1-23(2)19(31-18-20(29)32-22(24(26,27)28)33-21(18)36-23)14-7-8-15(16(25)9-14)13-5-3-12(4-6-13)10-30-17(35)11-34/h7-9,12-13,34H,3-6,10-11H2,1-2H3,(H,30,35)(H2,29,32,33). The number of fused-ring (bicyclic) bond motifs is 1. The monoisotopic (exact) mass is 525 g/mol. The number of amides is 1. The minimum Gasteiger partial charge on any atom is -0.463 e. The van der Waals surface area contributed by atoms with Crippen molar-refractivity contribution in [3.05, 3.63) is 40.2 Å². The van der Waals surface area contributed by atoms with Gasteiger partial charge in [-0.05, 0) is 63.0 Å². The summed E-state index contributed by atoms with van der Waals surface area (Å²) in [6.45, 7) is 3.40. The van der Waals surface area contributed by atoms with Crippen LogP contribution in [0.1, 0.15) is 62.4 Å². The van der Waals surface area contributed by atoms with Crippen molar-refractivity contribution in [3.8, 4) is 5.88 Å². The Kier molecular flexibility index (Phi) is 7.16. The van der Waals surface area contributed by atoms with Crippen molar-refractivity contribution in [1.82, 2.24) is 15.3 Å². The van der Waals surface area contributed by atoms with Gasteiger partial charge in [-0.15, -0.1) is 0 Å². The smallest absolute Gasteiger partial charge is 0.451 e. The lowest BCUT2D eigenvalue weighted by Gasteiger charge is -2.33. The van der Waals surface area contributed by atoms with Gasteiger partial charge in [0.1, 0.15) is 12.2 Å². The van der Waals surface area contributed by atoms with Crippen LogP contribution in [0.4, 0.5) is 24.7 Å². The molecule has 1 fully saturated rings. The Balaban J connectivity index is 1.55. The van der Waals surface area contributed by atoms with Crippen LogP contribution >= 0.6 is 11.6 Å². The quantitative estimate of drug-likeness (QED) is 0.531. The second kappa shape index (κ2) is 9.85. The SMILES string of the molecule is CC1(C)Oc2nc(C(F)(F)F)nc(N)c2N=C1c1ccc(C2CCC(CNC(=O)CO)CC2)c(Cl)c1. The average Bonchev–Trinajstić information content (AvgIpc) is 2.81. The highest BCUT2D eigenvalue weighted by atomic mass is 35.5. The highest BCUT2D eigenvalue weighted by Crippen LogP contribution is 2.43. The molecule has 1 aliphatic carbocycles. The summed E-state index contributed by atoms with van der Waals surface area (Å²) in [6, 6.07) is 5.59. The minimum atomic E-state index is -4.77. The summed E-state index contributed by atoms with van der Waals surface area (Å²) in [7, 11) is 0. The second-order valence-corrected chi connectivity index (χ2v) is 9.98. The van der Waals surface area contributed by atoms with E-state index in [9.17, 15) is 18.0 Å². The first-order valence-corrected chi connectivity index (χ1v) is 12.0. The number of hydrogen-bond donors (Lipinski definition) is 3. The summed E-state index contributed by atoms with van der Waals surface area (Å²) in [5.41, 5.74) is 6.73. The largest absolute Gasteiger partial charge is 0.463 e. The molecule has 0 atom stereocenters. The number of halogens is 4. The Morgan fingerprint density at radius 3 is 2.56 bits per heavy atom. The van der Waals surface area contributed by atoms with E-state index >= 15 is 0 Å². The number of alkyl halides is 3. The first-order valence-electron chi connectivity index (χ1n) is 11.6. The molecule has 2 heterocycles. The molecule has 1 aromatic heterocycles. The van der Waals surface area contributed by atoms with Gasteiger partial charge in [-0.25, -0.2) is 9.98 Å². The van der Waals surface area contributed by atoms with Crippen LogP contribution in [0.2, 0.25) is 5.02 Å². The maximum absolute atomic E-state index is 13.1. The average molecular weight is 526 g/mol. The zero-order valence-electron chi connectivity index (χ0n) is 19.8. The van der Waals surface area contributed by atoms with Crippen LogP contribution in [-0.4, -0.2) is 45.4 Å². The van der Waals surface area contributed by atoms with Gasteiger partial charge in [-0.1, -0.05) is 23.7 Å². The lowest BCUT2D eigenvalue weighted by Crippen LogP contribution is -2.41. The van der Waals surface area contributed by atoms with Crippen molar-refractivity contribution in [2.45, 2.75) is 57.2 Å². The van der Waals surface area contributed by atoms with E-state index in [0.717, 1.165) is 31.2 Å². The molecule has 2 aliphatic rings. The number of hydrogen-bond acceptors (Lipinski definition) is 7. The fourth-order valence-electron chi connectivity index (χ4n) is 4.70. The van der Waals surface area contributed by atoms with Crippen LogP contribution < -0.4 is 15.8 Å². The van der Waals surface area contributed by atoms with E-state index in [1.54, 1.807) is 19.9 Å². The molecule has 0 bridgehead atoms. The summed E-state index contributed by atoms with van der Waals surface area (Å²) in [4.78, 5) is 22.6. The van der Waals surface area contributed by atoms with Crippen molar-refractivity contribution in [1.29, 1.82) is 0 Å². The van der Waals surface area contributed by atoms with Gasteiger partial charge in [-0.3, -0.25) is 4.79 Å². The molecule has 4 rings (SSSR count). The van der Waals surface area contributed by atoms with Crippen molar-refractivity contribution in [2.75, 3.05) is 18.9 Å². The van der Waals surface area contributed by atoms with Gasteiger partial charge in [-0.2, -0.15) is 18.2 Å². The molecule has 0 saturated heterocycles. The van der Waals surface area contributed by atoms with Gasteiger partial charge in [0.05, 0.1) is 5.71 Å². The van der Waals surface area contributed by atoms with E-state index < -0.39 is 30.0 Å². The van der Waals surface area contributed by atoms with E-state index in [0.29, 0.717) is 28.8 Å². The van der Waals surface area contributed by atoms with Crippen LogP contribution in [0.15, 0.2) is 23.2 Å². The number of aliphatic hydroxyl groups is 1. The number of aliphatic imine (C=N–C) groups is 1. The van der Waals surface area contributed by atoms with E-state index in [2.05, 4.69) is 20.3 Å². The van der Waals surface area contributed by atoms with Gasteiger partial charge in [0, 0.05) is 17.1 Å². The first kappa shape index (κ1) is 26.2. The molecule has 0 radical (unpaired) electrons. The molecule has 1 aliphatic heterocycles. The molecule has 1 aromatic carbocycles. The summed E-state index contributed by atoms with van der Waals surface area (Å²) < 4.78 is 45.1. The summed E-state index contributed by atoms with van der Waals surface area (Å²) in [5.74, 6) is -1.88. The van der Waals surface area contributed by atoms with Crippen LogP contribution in [-0.2, 0) is 11.0 Å². The first-order chi connectivity index (χ1) is 16.9. The normalized spacial score (nSPS) is 21.2. The number of nitrogens with two attached hydrogens (primary N) is 1. The highest BCUT2D eigenvalue weighted by Gasteiger charge is 2.40. The zero-order valence-corrected chi connectivity index (χ0v) is 20.6. The Bertz CT molecular complexity index is 1190. The predicted molar refractivity (Wildman–Crippen MR) is 129 cm³/mol. The van der Waals surface area contributed by atoms with Crippen LogP contribution in [0.5, 0.6) is 5.88 Å². The van der Waals surface area contributed by atoms with Gasteiger partial charge >= 0.3 is 6.18 Å². The number of carbonyl (C=O) groups excluding carboxylic acids is 1. The highest BCUT2D eigenvalue weighted by molar-refractivity contribution is 6.32. The maximum Gasteiger partial charge on any atom is 0.451 e. The molecule has 4 N–H and O–H groups in total. The number of aliphatic hydroxyl groups excluding tert-OH is 1. The van der Waals surface area contributed by atoms with Gasteiger partial charge in [0.25, 0.3) is 0 Å². The number of nitrogens with one attached hydrogen (secondary N) is 1. The molecule has 8 nitrogen and oxygen atoms in total. The minimum absolute atomic E-state index is 0.0517. The molecule has 0 unspecified atom stereocenters. The van der Waals surface area contributed by atoms with Crippen LogP contribution in [0.3, 0.4) is 0 Å². The number of rotatable bonds is 5. The van der Waals surface area contributed by atoms with Crippen molar-refractivity contribution in [3.63, 3.8) is 0 Å². The third kappa shape index (κ3) is 5.41. The number of ether oxygens (including phenoxy) is 1. The summed E-state index contributed by atoms with van der Waals surface area (Å²) in [5, 5.41) is 12.1. The van der Waals surface area contributed by atoms with Crippen LogP contribution in [0, 0.1) is 5.92 Å². The third-order valence-corrected chi connectivity index (χ3v) is 6.90. The Morgan fingerprint density at radius 2 is 1.94 bits per heavy atom. The fraction of sp³-hybridized carbons (Fsp3) is 0.500. The van der Waals surface area contributed by atoms with Gasteiger partial charge in [0.15, 0.2) is 11.5 Å². The van der Waals surface area contributed by atoms with E-state index in [1.807, 2.05) is 12.1 Å². The van der Waals surface area contributed by atoms with E-state index in [4.69, 9.17) is 27.2 Å². The third-order valence-electron chi connectivity index (χ3n) is 6.57. The number of anilines is 1. The number of carbonyl (C=O) groups is 1. The number of aromatic nitrogens is 2. The van der Waals surface area contributed by atoms with Crippen molar-refractivity contribution < 1.29 is 27.8 Å². The molecule has 194 valence electrons. The molecular formula is C24H27ClF3N5O3. The topological polar surface area (TPSA) is 123 Å². The molecule has 1 saturated carbocycles. The number of nitrogens with zero attached hydrogens (tertiary/aromatic N) is 3. The van der Waals surface area contributed by atoms with Crippen molar-refractivity contribution >= 4 is 34.7 Å². The molecule has 36 heavy (non-hydrogen) atoms. The van der Waals surface area contributed by atoms with Crippen LogP contribution in [0.25, 0.3) is 0 Å². The Hall–Kier alpha value is -2.92. The molecular weight excluding hydrogens is 499 g/mol. The van der Waals surface area contributed by atoms with Gasteiger partial charge < -0.3 is 20.9 Å². The molecule has 2 aromatic rings. The maximum atomic E-state index is 13.1. The fourth-order valence-corrected chi connectivity index (χ4v) is 5.03. The molecule has 0 spiro atoms. The molecule has 1 amide bonds. The number of benzene rings is 1. The zero-order chi connectivity index (χ0) is 26.3. The summed E-state index contributed by atoms with van der Waals surface area (Å²) in [6.07, 6.45) is -1.08. The Morgan fingerprint density at radius 1 is 1.25 bits per heavy atom. The number of nitrogen functional groups attached to an aromatic ring is 1. The Labute approximate surface area is 211 Å². The summed E-state index contributed by atoms with van der Waals surface area (Å²) >= 11 is 6.68. The lowest BCUT2D eigenvalue weighted by atomic mass is 9.78. The van der Waals surface area contributed by atoms with Gasteiger partial charge in [0.2, 0.25) is 17.6 Å². The van der Waals surface area contributed by atoms with E-state index in [-0.39, 0.29) is 23.4 Å².